The molecule has 20 heavy (non-hydrogen) atoms. The first-order chi connectivity index (χ1) is 9.81. The third kappa shape index (κ3) is 4.35. The molecule has 3 heteroatoms. The number of benzene rings is 1. The maximum Gasteiger partial charge on any atom is 0.219 e. The zero-order valence-electron chi connectivity index (χ0n) is 12.2. The number of aryl methyl sites for hydroxylation is 1. The number of nitrogens with one attached hydrogen (secondary N) is 1. The molecular weight excluding hydrogens is 248 g/mol. The first-order valence-corrected chi connectivity index (χ1v) is 7.18. The number of hydrogen-bond acceptors (Lipinski definition) is 3. The molecule has 106 valence electrons. The molecule has 2 aromatic rings. The molecule has 1 aromatic heterocycles. The third-order valence-electron chi connectivity index (χ3n) is 3.14. The topological polar surface area (TPSA) is 34.1 Å². The first kappa shape index (κ1) is 14.5. The summed E-state index contributed by atoms with van der Waals surface area (Å²) in [6.07, 6.45) is 5.42. The van der Waals surface area contributed by atoms with E-state index in [1.54, 1.807) is 0 Å². The van der Waals surface area contributed by atoms with Crippen LogP contribution in [0.3, 0.4) is 0 Å². The van der Waals surface area contributed by atoms with E-state index in [-0.39, 0.29) is 0 Å². The largest absolute Gasteiger partial charge is 0.439 e. The first-order valence-electron chi connectivity index (χ1n) is 7.18. The van der Waals surface area contributed by atoms with E-state index in [9.17, 15) is 0 Å². The quantitative estimate of drug-likeness (QED) is 0.827. The van der Waals surface area contributed by atoms with Gasteiger partial charge in [-0.25, -0.2) is 4.98 Å². The summed E-state index contributed by atoms with van der Waals surface area (Å²) in [5, 5.41) is 3.10. The fourth-order valence-corrected chi connectivity index (χ4v) is 2.01. The molecular formula is C17H22N2O. The summed E-state index contributed by atoms with van der Waals surface area (Å²) in [6.45, 7) is 3.03. The van der Waals surface area contributed by atoms with Crippen molar-refractivity contribution in [1.29, 1.82) is 0 Å². The minimum absolute atomic E-state index is 0.631. The van der Waals surface area contributed by atoms with Gasteiger partial charge in [0.25, 0.3) is 0 Å². The van der Waals surface area contributed by atoms with Crippen LogP contribution in [0.25, 0.3) is 0 Å². The lowest BCUT2D eigenvalue weighted by Gasteiger charge is -2.07. The smallest absolute Gasteiger partial charge is 0.219 e. The zero-order chi connectivity index (χ0) is 14.2. The monoisotopic (exact) mass is 270 g/mol. The summed E-state index contributed by atoms with van der Waals surface area (Å²) in [4.78, 5) is 4.30. The van der Waals surface area contributed by atoms with Crippen LogP contribution in [0.5, 0.6) is 11.6 Å². The van der Waals surface area contributed by atoms with Gasteiger partial charge in [-0.1, -0.05) is 31.5 Å². The van der Waals surface area contributed by atoms with Crippen LogP contribution in [0.1, 0.15) is 30.9 Å². The SMILES string of the molecule is CCCCc1ccc(Oc2ccc(CNC)cn2)cc1. The average Bonchev–Trinajstić information content (AvgIpc) is 2.49. The van der Waals surface area contributed by atoms with E-state index in [4.69, 9.17) is 4.74 Å². The number of hydrogen-bond donors (Lipinski definition) is 1. The Morgan fingerprint density at radius 3 is 2.40 bits per heavy atom. The number of ether oxygens (including phenoxy) is 1. The molecule has 1 heterocycles. The van der Waals surface area contributed by atoms with Crippen LogP contribution in [-0.4, -0.2) is 12.0 Å². The lowest BCUT2D eigenvalue weighted by Crippen LogP contribution is -2.05. The van der Waals surface area contributed by atoms with E-state index in [1.807, 2.05) is 37.5 Å². The normalized spacial score (nSPS) is 10.5. The Morgan fingerprint density at radius 2 is 1.80 bits per heavy atom. The van der Waals surface area contributed by atoms with E-state index >= 15 is 0 Å². The summed E-state index contributed by atoms with van der Waals surface area (Å²) in [5.74, 6) is 1.46. The van der Waals surface area contributed by atoms with Crippen molar-refractivity contribution < 1.29 is 4.74 Å². The lowest BCUT2D eigenvalue weighted by atomic mass is 10.1. The molecule has 0 aliphatic rings. The highest BCUT2D eigenvalue weighted by molar-refractivity contribution is 5.31. The van der Waals surface area contributed by atoms with E-state index < -0.39 is 0 Å². The molecule has 1 aromatic carbocycles. The van der Waals surface area contributed by atoms with E-state index in [1.165, 1.54) is 18.4 Å². The predicted octanol–water partition coefficient (Wildman–Crippen LogP) is 3.94. The van der Waals surface area contributed by atoms with Crippen LogP contribution in [0.4, 0.5) is 0 Å². The van der Waals surface area contributed by atoms with Crippen LogP contribution in [0.15, 0.2) is 42.6 Å². The Hall–Kier alpha value is -1.87. The second-order valence-electron chi connectivity index (χ2n) is 4.88. The van der Waals surface area contributed by atoms with Crippen LogP contribution < -0.4 is 10.1 Å². The summed E-state index contributed by atoms with van der Waals surface area (Å²) < 4.78 is 5.74. The van der Waals surface area contributed by atoms with Crippen molar-refractivity contribution in [3.8, 4) is 11.6 Å². The molecule has 0 atom stereocenters. The van der Waals surface area contributed by atoms with Gasteiger partial charge in [-0.3, -0.25) is 0 Å². The molecule has 0 saturated carbocycles. The minimum Gasteiger partial charge on any atom is -0.439 e. The molecule has 0 aliphatic heterocycles. The van der Waals surface area contributed by atoms with E-state index in [2.05, 4.69) is 29.4 Å². The highest BCUT2D eigenvalue weighted by Gasteiger charge is 2.00. The second kappa shape index (κ2) is 7.65. The summed E-state index contributed by atoms with van der Waals surface area (Å²) in [6, 6.07) is 12.2. The number of aromatic nitrogens is 1. The van der Waals surface area contributed by atoms with Crippen molar-refractivity contribution in [3.05, 3.63) is 53.7 Å². The fourth-order valence-electron chi connectivity index (χ4n) is 2.01. The third-order valence-corrected chi connectivity index (χ3v) is 3.14. The maximum absolute atomic E-state index is 5.74. The van der Waals surface area contributed by atoms with Gasteiger partial charge in [0.1, 0.15) is 5.75 Å². The van der Waals surface area contributed by atoms with Crippen molar-refractivity contribution >= 4 is 0 Å². The molecule has 0 unspecified atom stereocenters. The molecule has 3 nitrogen and oxygen atoms in total. The number of rotatable bonds is 7. The molecule has 0 radical (unpaired) electrons. The molecule has 0 spiro atoms. The standard InChI is InChI=1S/C17H22N2O/c1-3-4-5-14-6-9-16(10-7-14)20-17-11-8-15(12-18-2)13-19-17/h6-11,13,18H,3-5,12H2,1-2H3. The van der Waals surface area contributed by atoms with E-state index in [0.717, 1.165) is 24.3 Å². The number of pyridine rings is 1. The lowest BCUT2D eigenvalue weighted by molar-refractivity contribution is 0.462. The van der Waals surface area contributed by atoms with Crippen LogP contribution >= 0.6 is 0 Å². The molecule has 1 N–H and O–H groups in total. The van der Waals surface area contributed by atoms with E-state index in [0.29, 0.717) is 5.88 Å². The fraction of sp³-hybridized carbons (Fsp3) is 0.353. The molecule has 0 aliphatic carbocycles. The Morgan fingerprint density at radius 1 is 1.05 bits per heavy atom. The Kier molecular flexibility index (Phi) is 5.56. The van der Waals surface area contributed by atoms with Crippen LogP contribution in [-0.2, 0) is 13.0 Å². The van der Waals surface area contributed by atoms with Gasteiger partial charge in [-0.15, -0.1) is 0 Å². The van der Waals surface area contributed by atoms with Gasteiger partial charge in [-0.2, -0.15) is 0 Å². The maximum atomic E-state index is 5.74. The molecule has 0 bridgehead atoms. The van der Waals surface area contributed by atoms with Crippen molar-refractivity contribution in [2.75, 3.05) is 7.05 Å². The molecule has 0 fully saturated rings. The Labute approximate surface area is 121 Å². The highest BCUT2D eigenvalue weighted by atomic mass is 16.5. The van der Waals surface area contributed by atoms with Crippen LogP contribution in [0.2, 0.25) is 0 Å². The van der Waals surface area contributed by atoms with Crippen molar-refractivity contribution in [3.63, 3.8) is 0 Å². The molecule has 0 amide bonds. The minimum atomic E-state index is 0.631. The summed E-state index contributed by atoms with van der Waals surface area (Å²) >= 11 is 0. The highest BCUT2D eigenvalue weighted by Crippen LogP contribution is 2.20. The van der Waals surface area contributed by atoms with Gasteiger partial charge in [0, 0.05) is 18.8 Å². The zero-order valence-corrected chi connectivity index (χ0v) is 12.2. The predicted molar refractivity (Wildman–Crippen MR) is 82.1 cm³/mol. The van der Waals surface area contributed by atoms with Gasteiger partial charge >= 0.3 is 0 Å². The Bertz CT molecular complexity index is 506. The average molecular weight is 270 g/mol. The Balaban J connectivity index is 1.95. The van der Waals surface area contributed by atoms with Gasteiger partial charge in [0.05, 0.1) is 0 Å². The van der Waals surface area contributed by atoms with Crippen molar-refractivity contribution in [2.24, 2.45) is 0 Å². The molecule has 2 rings (SSSR count). The second-order valence-corrected chi connectivity index (χ2v) is 4.88. The van der Waals surface area contributed by atoms with Gasteiger partial charge < -0.3 is 10.1 Å². The summed E-state index contributed by atoms with van der Waals surface area (Å²) in [5.41, 5.74) is 2.51. The van der Waals surface area contributed by atoms with Crippen molar-refractivity contribution in [2.45, 2.75) is 32.7 Å². The molecule has 0 saturated heterocycles. The van der Waals surface area contributed by atoms with Crippen molar-refractivity contribution in [1.82, 2.24) is 10.3 Å². The summed E-state index contributed by atoms with van der Waals surface area (Å²) in [7, 11) is 1.92. The number of unbranched alkanes of at least 4 members (excludes halogenated alkanes) is 1. The van der Waals surface area contributed by atoms with Crippen LogP contribution in [0, 0.1) is 0 Å². The van der Waals surface area contributed by atoms with Gasteiger partial charge in [0.2, 0.25) is 5.88 Å². The number of nitrogens with zero attached hydrogens (tertiary/aromatic N) is 1. The van der Waals surface area contributed by atoms with Gasteiger partial charge in [0.15, 0.2) is 0 Å². The van der Waals surface area contributed by atoms with Gasteiger partial charge in [-0.05, 0) is 43.1 Å².